The molecule has 4 aliphatic carbocycles. The van der Waals surface area contributed by atoms with Crippen LogP contribution in [0.15, 0.2) is 41.4 Å². The molecule has 0 radical (unpaired) electrons. The molecule has 2 aromatic rings. The lowest BCUT2D eigenvalue weighted by molar-refractivity contribution is -0.150. The average Bonchev–Trinajstić information content (AvgIpc) is 3.18. The van der Waals surface area contributed by atoms with E-state index in [1.807, 2.05) is 12.1 Å². The number of amides is 1. The van der Waals surface area contributed by atoms with Crippen LogP contribution >= 0.6 is 0 Å². The van der Waals surface area contributed by atoms with Gasteiger partial charge in [-0.15, -0.1) is 0 Å². The molecule has 2 N–H and O–H groups in total. The van der Waals surface area contributed by atoms with Gasteiger partial charge in [0.15, 0.2) is 0 Å². The van der Waals surface area contributed by atoms with Gasteiger partial charge in [0.2, 0.25) is 15.9 Å². The highest BCUT2D eigenvalue weighted by Gasteiger charge is 2.57. The van der Waals surface area contributed by atoms with Gasteiger partial charge in [-0.3, -0.25) is 9.78 Å². The summed E-state index contributed by atoms with van der Waals surface area (Å²) < 4.78 is 29.0. The summed E-state index contributed by atoms with van der Waals surface area (Å²) in [7, 11) is -3.92. The van der Waals surface area contributed by atoms with Crippen molar-refractivity contribution in [3.05, 3.63) is 36.5 Å². The summed E-state index contributed by atoms with van der Waals surface area (Å²) in [6, 6.07) is 8.81. The molecule has 4 bridgehead atoms. The maximum atomic E-state index is 13.8. The number of aromatic nitrogens is 1. The van der Waals surface area contributed by atoms with E-state index in [1.54, 1.807) is 31.3 Å². The summed E-state index contributed by atoms with van der Waals surface area (Å²) in [6.07, 6.45) is 7.19. The molecular weight excluding hydrogens is 438 g/mol. The first kappa shape index (κ1) is 21.5. The Balaban J connectivity index is 1.29. The lowest BCUT2D eigenvalue weighted by Gasteiger charge is -2.58. The SMILES string of the molecule is C[C@]1(C(=O)N[C@H]2C3CC4CC2C[C@@](O)(C4)C3)CCCN1S(=O)(=O)c1cccc2cccnc12. The van der Waals surface area contributed by atoms with Crippen molar-refractivity contribution in [3.63, 3.8) is 0 Å². The number of aliphatic hydroxyl groups is 1. The third-order valence-corrected chi connectivity index (χ3v) is 10.8. The highest BCUT2D eigenvalue weighted by molar-refractivity contribution is 7.89. The second-order valence-corrected chi connectivity index (χ2v) is 12.8. The van der Waals surface area contributed by atoms with Gasteiger partial charge < -0.3 is 10.4 Å². The Kier molecular flexibility index (Phi) is 4.71. The monoisotopic (exact) mass is 469 g/mol. The summed E-state index contributed by atoms with van der Waals surface area (Å²) in [5.41, 5.74) is -1.27. The molecule has 1 aromatic heterocycles. The molecule has 0 spiro atoms. The van der Waals surface area contributed by atoms with Crippen LogP contribution < -0.4 is 5.32 Å². The Bertz CT molecular complexity index is 1210. The first-order chi connectivity index (χ1) is 15.7. The van der Waals surface area contributed by atoms with E-state index in [9.17, 15) is 18.3 Å². The zero-order valence-corrected chi connectivity index (χ0v) is 19.7. The minimum atomic E-state index is -3.92. The Morgan fingerprint density at radius 1 is 1.15 bits per heavy atom. The van der Waals surface area contributed by atoms with Crippen LogP contribution in [0.1, 0.15) is 51.9 Å². The van der Waals surface area contributed by atoms with Crippen LogP contribution in [0.25, 0.3) is 10.9 Å². The minimum Gasteiger partial charge on any atom is -0.390 e. The van der Waals surface area contributed by atoms with Crippen molar-refractivity contribution in [2.24, 2.45) is 17.8 Å². The summed E-state index contributed by atoms with van der Waals surface area (Å²) in [5, 5.41) is 14.9. The highest BCUT2D eigenvalue weighted by Crippen LogP contribution is 2.55. The summed E-state index contributed by atoms with van der Waals surface area (Å²) in [4.78, 5) is 18.2. The zero-order valence-electron chi connectivity index (χ0n) is 18.9. The van der Waals surface area contributed by atoms with Gasteiger partial charge in [0.05, 0.1) is 11.1 Å². The lowest BCUT2D eigenvalue weighted by atomic mass is 9.52. The fraction of sp³-hybridized carbons (Fsp3) is 0.600. The van der Waals surface area contributed by atoms with E-state index in [0.717, 1.165) is 37.5 Å². The molecule has 7 rings (SSSR count). The van der Waals surface area contributed by atoms with Crippen LogP contribution in [0.5, 0.6) is 0 Å². The third-order valence-electron chi connectivity index (χ3n) is 8.77. The number of hydrogen-bond acceptors (Lipinski definition) is 5. The first-order valence-electron chi connectivity index (χ1n) is 12.1. The summed E-state index contributed by atoms with van der Waals surface area (Å²) in [5.74, 6) is 0.907. The van der Waals surface area contributed by atoms with E-state index < -0.39 is 21.2 Å². The van der Waals surface area contributed by atoms with Crippen LogP contribution in [0, 0.1) is 17.8 Å². The summed E-state index contributed by atoms with van der Waals surface area (Å²) >= 11 is 0. The molecule has 1 saturated heterocycles. The maximum Gasteiger partial charge on any atom is 0.246 e. The number of benzene rings is 1. The van der Waals surface area contributed by atoms with E-state index in [4.69, 9.17) is 0 Å². The van der Waals surface area contributed by atoms with Crippen LogP contribution in [0.4, 0.5) is 0 Å². The normalized spacial score (nSPS) is 38.1. The Morgan fingerprint density at radius 2 is 1.88 bits per heavy atom. The van der Waals surface area contributed by atoms with Gasteiger partial charge in [-0.25, -0.2) is 8.42 Å². The average molecular weight is 470 g/mol. The number of hydrogen-bond donors (Lipinski definition) is 2. The molecule has 1 aromatic carbocycles. The maximum absolute atomic E-state index is 13.8. The van der Waals surface area contributed by atoms with Crippen LogP contribution in [-0.2, 0) is 14.8 Å². The van der Waals surface area contributed by atoms with E-state index in [1.165, 1.54) is 4.31 Å². The Labute approximate surface area is 194 Å². The molecule has 5 aliphatic rings. The lowest BCUT2D eigenvalue weighted by Crippen LogP contribution is -2.65. The van der Waals surface area contributed by atoms with Crippen molar-refractivity contribution >= 4 is 26.8 Å². The van der Waals surface area contributed by atoms with Gasteiger partial charge in [0.1, 0.15) is 10.4 Å². The van der Waals surface area contributed by atoms with Gasteiger partial charge in [0, 0.05) is 24.2 Å². The standard InChI is InChI=1S/C25H31N3O4S/c1-24(23(29)27-21-18-11-16-12-19(21)15-25(30,13-16)14-18)8-4-10-28(24)33(31,32)20-7-2-5-17-6-3-9-26-22(17)20/h2-3,5-7,9,16,18-19,21,30H,4,8,10-15H2,1H3,(H,27,29)/t16?,18?,19?,21-,24-,25+/m1/s1. The molecule has 4 saturated carbocycles. The predicted molar refractivity (Wildman–Crippen MR) is 124 cm³/mol. The number of pyridine rings is 1. The number of nitrogens with zero attached hydrogens (tertiary/aromatic N) is 2. The second kappa shape index (κ2) is 7.23. The Morgan fingerprint density at radius 3 is 2.61 bits per heavy atom. The van der Waals surface area contributed by atoms with E-state index in [0.29, 0.717) is 30.8 Å². The number of carbonyl (C=O) groups excluding carboxylic acids is 1. The van der Waals surface area contributed by atoms with Gasteiger partial charge in [-0.1, -0.05) is 18.2 Å². The zero-order chi connectivity index (χ0) is 23.0. The number of fused-ring (bicyclic) bond motifs is 1. The van der Waals surface area contributed by atoms with Crippen molar-refractivity contribution in [1.82, 2.24) is 14.6 Å². The number of nitrogens with one attached hydrogen (secondary N) is 1. The smallest absolute Gasteiger partial charge is 0.246 e. The topological polar surface area (TPSA) is 99.6 Å². The largest absolute Gasteiger partial charge is 0.390 e. The predicted octanol–water partition coefficient (Wildman–Crippen LogP) is 2.83. The molecule has 2 unspecified atom stereocenters. The van der Waals surface area contributed by atoms with E-state index in [-0.39, 0.29) is 28.7 Å². The number of sulfonamides is 1. The molecule has 33 heavy (non-hydrogen) atoms. The minimum absolute atomic E-state index is 0.0236. The van der Waals surface area contributed by atoms with E-state index in [2.05, 4.69) is 10.3 Å². The van der Waals surface area contributed by atoms with E-state index >= 15 is 0 Å². The third kappa shape index (κ3) is 3.25. The molecule has 1 aliphatic heterocycles. The second-order valence-electron chi connectivity index (χ2n) is 11.0. The quantitative estimate of drug-likeness (QED) is 0.717. The van der Waals surface area contributed by atoms with Gasteiger partial charge in [-0.2, -0.15) is 4.31 Å². The van der Waals surface area contributed by atoms with Crippen molar-refractivity contribution < 1.29 is 18.3 Å². The molecular formula is C25H31N3O4S. The van der Waals surface area contributed by atoms with Crippen molar-refractivity contribution in [2.75, 3.05) is 6.54 Å². The van der Waals surface area contributed by atoms with Crippen LogP contribution in [-0.4, -0.2) is 52.4 Å². The fourth-order valence-electron chi connectivity index (χ4n) is 7.48. The molecule has 2 heterocycles. The van der Waals surface area contributed by atoms with Gasteiger partial charge in [-0.05, 0) is 81.8 Å². The molecule has 8 heteroatoms. The fourth-order valence-corrected chi connectivity index (χ4v) is 9.45. The summed E-state index contributed by atoms with van der Waals surface area (Å²) in [6.45, 7) is 2.07. The number of rotatable bonds is 4. The van der Waals surface area contributed by atoms with Gasteiger partial charge in [0.25, 0.3) is 0 Å². The highest BCUT2D eigenvalue weighted by atomic mass is 32.2. The van der Waals surface area contributed by atoms with Crippen LogP contribution in [0.2, 0.25) is 0 Å². The molecule has 5 fully saturated rings. The first-order valence-corrected chi connectivity index (χ1v) is 13.5. The Hall–Kier alpha value is -2.03. The van der Waals surface area contributed by atoms with Gasteiger partial charge >= 0.3 is 0 Å². The molecule has 1 amide bonds. The van der Waals surface area contributed by atoms with Crippen molar-refractivity contribution in [2.45, 2.75) is 73.9 Å². The number of carbonyl (C=O) groups is 1. The number of para-hydroxylation sites is 1. The molecule has 176 valence electrons. The van der Waals surface area contributed by atoms with Crippen molar-refractivity contribution in [3.8, 4) is 0 Å². The van der Waals surface area contributed by atoms with Crippen LogP contribution in [0.3, 0.4) is 0 Å². The molecule has 3 atom stereocenters. The van der Waals surface area contributed by atoms with Crippen molar-refractivity contribution in [1.29, 1.82) is 0 Å². The molecule has 7 nitrogen and oxygen atoms in total.